The monoisotopic (exact) mass is 276 g/mol. The highest BCUT2D eigenvalue weighted by Gasteiger charge is 2.13. The number of hydrogen-bond donors (Lipinski definition) is 1. The Balaban J connectivity index is 2.18. The van der Waals surface area contributed by atoms with E-state index in [-0.39, 0.29) is 5.75 Å². The molecule has 0 fully saturated rings. The van der Waals surface area contributed by atoms with Gasteiger partial charge in [-0.25, -0.2) is 0 Å². The molecule has 1 N–H and O–H groups in total. The molecule has 0 unspecified atom stereocenters. The lowest BCUT2D eigenvalue weighted by Gasteiger charge is -2.05. The summed E-state index contributed by atoms with van der Waals surface area (Å²) in [7, 11) is 1.60. The smallest absolute Gasteiger partial charge is 0.219 e. The number of nitrogens with zero attached hydrogens (tertiary/aromatic N) is 1. The number of benzene rings is 2. The van der Waals surface area contributed by atoms with Crippen LogP contribution in [0.15, 0.2) is 60.9 Å². The number of aromatic nitrogens is 1. The lowest BCUT2D eigenvalue weighted by Crippen LogP contribution is -2.20. The van der Waals surface area contributed by atoms with Crippen molar-refractivity contribution < 1.29 is 14.2 Å². The van der Waals surface area contributed by atoms with E-state index < -0.39 is 0 Å². The average molecular weight is 276 g/mol. The number of fused-ring (bicyclic) bond motifs is 4. The molecule has 4 aromatic rings. The first-order valence-corrected chi connectivity index (χ1v) is 6.80. The molecule has 3 nitrogen and oxygen atoms in total. The standard InChI is InChI=1S/C18H13NO2/c1-21-14-8-13-9-17-15-5-3-2-4-12(15)6-7-19(17)11-16(13)18(20)10-14/h2-11H,1H3/p+1. The molecule has 0 bridgehead atoms. The summed E-state index contributed by atoms with van der Waals surface area (Å²) in [5.74, 6) is 0.886. The Morgan fingerprint density at radius 3 is 2.67 bits per heavy atom. The summed E-state index contributed by atoms with van der Waals surface area (Å²) in [4.78, 5) is 0. The van der Waals surface area contributed by atoms with Crippen LogP contribution in [-0.4, -0.2) is 12.2 Å². The molecule has 0 aliphatic heterocycles. The van der Waals surface area contributed by atoms with Crippen LogP contribution in [0.4, 0.5) is 0 Å². The maximum absolute atomic E-state index is 10.2. The van der Waals surface area contributed by atoms with Gasteiger partial charge in [0.2, 0.25) is 5.52 Å². The van der Waals surface area contributed by atoms with E-state index in [2.05, 4.69) is 24.3 Å². The van der Waals surface area contributed by atoms with Crippen LogP contribution < -0.4 is 9.14 Å². The van der Waals surface area contributed by atoms with Crippen molar-refractivity contribution in [3.05, 3.63) is 60.9 Å². The van der Waals surface area contributed by atoms with Crippen molar-refractivity contribution in [2.24, 2.45) is 0 Å². The van der Waals surface area contributed by atoms with Crippen molar-refractivity contribution in [1.29, 1.82) is 0 Å². The number of aromatic hydroxyl groups is 1. The Kier molecular flexibility index (Phi) is 2.48. The quantitative estimate of drug-likeness (QED) is 0.328. The largest absolute Gasteiger partial charge is 0.507 e. The minimum Gasteiger partial charge on any atom is -0.507 e. The average Bonchev–Trinajstić information content (AvgIpc) is 2.53. The topological polar surface area (TPSA) is 33.6 Å². The van der Waals surface area contributed by atoms with Gasteiger partial charge in [-0.05, 0) is 17.5 Å². The number of methoxy groups -OCH3 is 1. The van der Waals surface area contributed by atoms with E-state index in [9.17, 15) is 5.11 Å². The van der Waals surface area contributed by atoms with Gasteiger partial charge in [0.25, 0.3) is 0 Å². The second kappa shape index (κ2) is 4.35. The Morgan fingerprint density at radius 2 is 1.81 bits per heavy atom. The van der Waals surface area contributed by atoms with E-state index in [1.165, 1.54) is 10.8 Å². The third-order valence-electron chi connectivity index (χ3n) is 3.89. The Bertz CT molecular complexity index is 992. The fourth-order valence-corrected chi connectivity index (χ4v) is 2.82. The van der Waals surface area contributed by atoms with E-state index >= 15 is 0 Å². The zero-order valence-corrected chi connectivity index (χ0v) is 11.6. The first-order valence-electron chi connectivity index (χ1n) is 6.80. The van der Waals surface area contributed by atoms with Gasteiger partial charge >= 0.3 is 0 Å². The zero-order valence-electron chi connectivity index (χ0n) is 11.6. The number of hydrogen-bond acceptors (Lipinski definition) is 2. The second-order valence-electron chi connectivity index (χ2n) is 5.12. The van der Waals surface area contributed by atoms with Crippen LogP contribution in [0.25, 0.3) is 27.1 Å². The van der Waals surface area contributed by atoms with Crippen molar-refractivity contribution in [3.63, 3.8) is 0 Å². The van der Waals surface area contributed by atoms with Crippen LogP contribution >= 0.6 is 0 Å². The van der Waals surface area contributed by atoms with Crippen LogP contribution in [0.2, 0.25) is 0 Å². The molecule has 0 saturated heterocycles. The molecule has 2 heterocycles. The van der Waals surface area contributed by atoms with Crippen molar-refractivity contribution >= 4 is 27.1 Å². The molecular formula is C18H14NO2+. The van der Waals surface area contributed by atoms with Crippen LogP contribution in [0, 0.1) is 0 Å². The molecule has 21 heavy (non-hydrogen) atoms. The highest BCUT2D eigenvalue weighted by molar-refractivity contribution is 5.98. The van der Waals surface area contributed by atoms with E-state index in [0.717, 1.165) is 16.3 Å². The van der Waals surface area contributed by atoms with Crippen molar-refractivity contribution in [2.45, 2.75) is 0 Å². The Morgan fingerprint density at radius 1 is 0.952 bits per heavy atom. The first kappa shape index (κ1) is 12.0. The maximum atomic E-state index is 10.2. The highest BCUT2D eigenvalue weighted by atomic mass is 16.5. The number of ether oxygens (including phenoxy) is 1. The molecule has 0 saturated carbocycles. The van der Waals surface area contributed by atoms with E-state index in [1.54, 1.807) is 13.2 Å². The van der Waals surface area contributed by atoms with Gasteiger partial charge in [-0.15, -0.1) is 0 Å². The molecule has 0 spiro atoms. The summed E-state index contributed by atoms with van der Waals surface area (Å²) in [5, 5.41) is 14.3. The van der Waals surface area contributed by atoms with Gasteiger partial charge in [-0.2, -0.15) is 4.40 Å². The first-order chi connectivity index (χ1) is 10.3. The summed E-state index contributed by atoms with van der Waals surface area (Å²) in [6.07, 6.45) is 3.96. The van der Waals surface area contributed by atoms with Gasteiger partial charge in [0.1, 0.15) is 11.5 Å². The lowest BCUT2D eigenvalue weighted by atomic mass is 10.1. The summed E-state index contributed by atoms with van der Waals surface area (Å²) in [6.45, 7) is 0. The summed E-state index contributed by atoms with van der Waals surface area (Å²) >= 11 is 0. The van der Waals surface area contributed by atoms with Gasteiger partial charge in [0.05, 0.1) is 17.9 Å². The number of phenolic OH excluding ortho intramolecular Hbond substituents is 1. The van der Waals surface area contributed by atoms with Gasteiger partial charge in [-0.3, -0.25) is 0 Å². The third-order valence-corrected chi connectivity index (χ3v) is 3.89. The third kappa shape index (κ3) is 1.78. The van der Waals surface area contributed by atoms with Gasteiger partial charge in [-0.1, -0.05) is 18.2 Å². The summed E-state index contributed by atoms with van der Waals surface area (Å²) < 4.78 is 7.27. The van der Waals surface area contributed by atoms with E-state index in [1.807, 2.05) is 35.0 Å². The zero-order chi connectivity index (χ0) is 14.4. The molecule has 3 heteroatoms. The molecule has 102 valence electrons. The molecule has 2 aromatic carbocycles. The second-order valence-corrected chi connectivity index (χ2v) is 5.12. The minimum absolute atomic E-state index is 0.229. The maximum Gasteiger partial charge on any atom is 0.219 e. The number of rotatable bonds is 1. The molecule has 0 aliphatic carbocycles. The minimum atomic E-state index is 0.229. The SMILES string of the molecule is COc1cc(O)c2c[n+]3ccc4ccccc4c3cc2c1. The van der Waals surface area contributed by atoms with Crippen LogP contribution in [0.1, 0.15) is 0 Å². The number of phenols is 1. The predicted octanol–water partition coefficient (Wildman–Crippen LogP) is 3.45. The Hall–Kier alpha value is -2.81. The van der Waals surface area contributed by atoms with Crippen molar-refractivity contribution in [2.75, 3.05) is 7.11 Å². The van der Waals surface area contributed by atoms with Crippen molar-refractivity contribution in [1.82, 2.24) is 0 Å². The fourth-order valence-electron chi connectivity index (χ4n) is 2.82. The number of pyridine rings is 2. The normalized spacial score (nSPS) is 11.3. The molecule has 4 rings (SSSR count). The molecule has 0 radical (unpaired) electrons. The van der Waals surface area contributed by atoms with Gasteiger partial charge in [0.15, 0.2) is 12.4 Å². The van der Waals surface area contributed by atoms with Crippen LogP contribution in [0.5, 0.6) is 11.5 Å². The Labute approximate surface area is 121 Å². The molecular weight excluding hydrogens is 262 g/mol. The van der Waals surface area contributed by atoms with Crippen molar-refractivity contribution in [3.8, 4) is 11.5 Å². The van der Waals surface area contributed by atoms with Gasteiger partial charge < -0.3 is 9.84 Å². The van der Waals surface area contributed by atoms with E-state index in [0.29, 0.717) is 5.75 Å². The molecule has 0 atom stereocenters. The summed E-state index contributed by atoms with van der Waals surface area (Å²) in [6, 6.07) is 16.0. The van der Waals surface area contributed by atoms with E-state index in [4.69, 9.17) is 4.74 Å². The predicted molar refractivity (Wildman–Crippen MR) is 82.8 cm³/mol. The molecule has 0 amide bonds. The fraction of sp³-hybridized carbons (Fsp3) is 0.0556. The van der Waals surface area contributed by atoms with Crippen LogP contribution in [0.3, 0.4) is 0 Å². The molecule has 0 aliphatic rings. The lowest BCUT2D eigenvalue weighted by molar-refractivity contribution is -0.509. The molecule has 2 aromatic heterocycles. The summed E-state index contributed by atoms with van der Waals surface area (Å²) in [5.41, 5.74) is 1.10. The highest BCUT2D eigenvalue weighted by Crippen LogP contribution is 2.30. The van der Waals surface area contributed by atoms with Gasteiger partial charge in [0, 0.05) is 23.6 Å². The van der Waals surface area contributed by atoms with Crippen LogP contribution in [-0.2, 0) is 0 Å².